The van der Waals surface area contributed by atoms with Crippen LogP contribution in [0.5, 0.6) is 5.75 Å². The molecule has 2 aromatic heterocycles. The molecule has 3 aromatic carbocycles. The molecular weight excluding hydrogens is 504 g/mol. The van der Waals surface area contributed by atoms with Gasteiger partial charge in [-0.2, -0.15) is 0 Å². The molecule has 0 bridgehead atoms. The summed E-state index contributed by atoms with van der Waals surface area (Å²) < 4.78 is 34.7. The van der Waals surface area contributed by atoms with E-state index in [-0.39, 0.29) is 4.90 Å². The highest BCUT2D eigenvalue weighted by Gasteiger charge is 2.31. The summed E-state index contributed by atoms with van der Waals surface area (Å²) in [7, 11) is -3.72. The minimum atomic E-state index is -3.72. The second kappa shape index (κ2) is 10.0. The Morgan fingerprint density at radius 2 is 1.59 bits per heavy atom. The van der Waals surface area contributed by atoms with Crippen molar-refractivity contribution in [3.63, 3.8) is 0 Å². The van der Waals surface area contributed by atoms with Crippen molar-refractivity contribution in [2.75, 3.05) is 0 Å². The average molecular weight is 537 g/mol. The Bertz CT molecular complexity index is 1740. The summed E-state index contributed by atoms with van der Waals surface area (Å²) in [6, 6.07) is 25.2. The van der Waals surface area contributed by atoms with Gasteiger partial charge in [0.25, 0.3) is 10.0 Å². The lowest BCUT2D eigenvalue weighted by Gasteiger charge is -2.14. The molecule has 0 saturated heterocycles. The quantitative estimate of drug-likeness (QED) is 0.210. The fraction of sp³-hybridized carbons (Fsp3) is 0.242. The van der Waals surface area contributed by atoms with Crippen molar-refractivity contribution in [3.05, 3.63) is 124 Å². The van der Waals surface area contributed by atoms with Crippen LogP contribution in [0.1, 0.15) is 57.8 Å². The van der Waals surface area contributed by atoms with Crippen molar-refractivity contribution >= 4 is 21.1 Å². The van der Waals surface area contributed by atoms with Crippen LogP contribution in [0, 0.1) is 20.8 Å². The lowest BCUT2D eigenvalue weighted by atomic mass is 9.97. The number of hydrogen-bond acceptors (Lipinski definition) is 4. The third-order valence-electron chi connectivity index (χ3n) is 7.57. The zero-order valence-electron chi connectivity index (χ0n) is 22.5. The van der Waals surface area contributed by atoms with E-state index >= 15 is 0 Å². The predicted molar refractivity (Wildman–Crippen MR) is 155 cm³/mol. The number of pyridine rings is 1. The third kappa shape index (κ3) is 5.09. The molecule has 2 heterocycles. The normalized spacial score (nSPS) is 13.6. The highest BCUT2D eigenvalue weighted by Crippen LogP contribution is 2.44. The maximum Gasteiger partial charge on any atom is 0.268 e. The van der Waals surface area contributed by atoms with Crippen molar-refractivity contribution in [1.82, 2.24) is 8.96 Å². The summed E-state index contributed by atoms with van der Waals surface area (Å²) in [5.74, 6) is 1.23. The number of ether oxygens (including phenoxy) is 1. The van der Waals surface area contributed by atoms with E-state index in [0.717, 1.165) is 57.6 Å². The Morgan fingerprint density at radius 1 is 0.897 bits per heavy atom. The van der Waals surface area contributed by atoms with Crippen molar-refractivity contribution in [2.45, 2.75) is 57.5 Å². The van der Waals surface area contributed by atoms with Crippen molar-refractivity contribution in [3.8, 4) is 5.75 Å². The van der Waals surface area contributed by atoms with Crippen LogP contribution < -0.4 is 4.74 Å². The van der Waals surface area contributed by atoms with Crippen LogP contribution in [0.2, 0.25) is 0 Å². The molecule has 0 N–H and O–H groups in total. The van der Waals surface area contributed by atoms with Gasteiger partial charge in [0.05, 0.1) is 15.9 Å². The first-order valence-corrected chi connectivity index (χ1v) is 14.8. The second-order valence-electron chi connectivity index (χ2n) is 10.6. The van der Waals surface area contributed by atoms with E-state index in [2.05, 4.69) is 38.1 Å². The van der Waals surface area contributed by atoms with Crippen molar-refractivity contribution in [2.24, 2.45) is 0 Å². The van der Waals surface area contributed by atoms with Crippen LogP contribution in [0.25, 0.3) is 11.0 Å². The predicted octanol–water partition coefficient (Wildman–Crippen LogP) is 7.25. The molecule has 198 valence electrons. The molecule has 6 heteroatoms. The summed E-state index contributed by atoms with van der Waals surface area (Å²) >= 11 is 0. The first-order chi connectivity index (χ1) is 18.8. The molecule has 39 heavy (non-hydrogen) atoms. The van der Waals surface area contributed by atoms with Crippen LogP contribution >= 0.6 is 0 Å². The SMILES string of the molecule is Cc1ccc(S(=O)(=O)n2cc(C3CC3)c3nc(Cc4c(C)cc(OCc5ccccc5)cc4C)ccc32)cc1. The number of aromatic nitrogens is 2. The van der Waals surface area contributed by atoms with Gasteiger partial charge in [-0.15, -0.1) is 0 Å². The number of fused-ring (bicyclic) bond motifs is 1. The molecule has 0 radical (unpaired) electrons. The Morgan fingerprint density at radius 3 is 2.26 bits per heavy atom. The largest absolute Gasteiger partial charge is 0.489 e. The summed E-state index contributed by atoms with van der Waals surface area (Å²) in [4.78, 5) is 5.33. The van der Waals surface area contributed by atoms with E-state index in [4.69, 9.17) is 9.72 Å². The molecule has 0 atom stereocenters. The smallest absolute Gasteiger partial charge is 0.268 e. The number of hydrogen-bond donors (Lipinski definition) is 0. The molecule has 5 aromatic rings. The number of rotatable bonds is 8. The zero-order chi connectivity index (χ0) is 27.1. The molecule has 0 unspecified atom stereocenters. The topological polar surface area (TPSA) is 61.2 Å². The molecule has 6 rings (SSSR count). The van der Waals surface area contributed by atoms with Crippen LogP contribution in [-0.4, -0.2) is 17.4 Å². The molecular formula is C33H32N2O3S. The Labute approximate surface area is 230 Å². The van der Waals surface area contributed by atoms with Gasteiger partial charge in [-0.3, -0.25) is 4.98 Å². The highest BCUT2D eigenvalue weighted by molar-refractivity contribution is 7.90. The molecule has 1 saturated carbocycles. The van der Waals surface area contributed by atoms with Crippen molar-refractivity contribution in [1.29, 1.82) is 0 Å². The standard InChI is InChI=1S/C33H32N2O3S/c1-22-9-14-29(15-10-22)39(36,37)35-20-31(26-11-12-26)33-32(35)16-13-27(34-33)19-30-23(2)17-28(18-24(30)3)38-21-25-7-5-4-6-8-25/h4-10,13-18,20,26H,11-12,19,21H2,1-3H3. The average Bonchev–Trinajstić information content (AvgIpc) is 3.70. The lowest BCUT2D eigenvalue weighted by molar-refractivity contribution is 0.305. The Hall–Kier alpha value is -3.90. The molecule has 5 nitrogen and oxygen atoms in total. The minimum Gasteiger partial charge on any atom is -0.489 e. The molecule has 1 aliphatic carbocycles. The maximum absolute atomic E-state index is 13.6. The van der Waals surface area contributed by atoms with Crippen molar-refractivity contribution < 1.29 is 13.2 Å². The first-order valence-electron chi connectivity index (χ1n) is 13.4. The Kier molecular flexibility index (Phi) is 6.51. The van der Waals surface area contributed by atoms with Crippen LogP contribution in [0.3, 0.4) is 0 Å². The first kappa shape index (κ1) is 25.4. The van der Waals surface area contributed by atoms with E-state index in [9.17, 15) is 8.42 Å². The van der Waals surface area contributed by atoms with Gasteiger partial charge in [0.1, 0.15) is 12.4 Å². The lowest BCUT2D eigenvalue weighted by Crippen LogP contribution is -2.12. The Balaban J connectivity index is 1.31. The minimum absolute atomic E-state index is 0.289. The summed E-state index contributed by atoms with van der Waals surface area (Å²) in [5.41, 5.74) is 9.08. The van der Waals surface area contributed by atoms with Gasteiger partial charge in [0.15, 0.2) is 0 Å². The van der Waals surface area contributed by atoms with E-state index in [1.807, 2.05) is 49.4 Å². The summed E-state index contributed by atoms with van der Waals surface area (Å²) in [6.45, 7) is 6.70. The van der Waals surface area contributed by atoms with Crippen LogP contribution in [0.15, 0.2) is 90.0 Å². The van der Waals surface area contributed by atoms with Gasteiger partial charge in [0.2, 0.25) is 0 Å². The van der Waals surface area contributed by atoms with Crippen LogP contribution in [-0.2, 0) is 23.1 Å². The van der Waals surface area contributed by atoms with Gasteiger partial charge in [0, 0.05) is 23.9 Å². The maximum atomic E-state index is 13.6. The molecule has 0 amide bonds. The molecule has 0 spiro atoms. The highest BCUT2D eigenvalue weighted by atomic mass is 32.2. The zero-order valence-corrected chi connectivity index (χ0v) is 23.3. The summed E-state index contributed by atoms with van der Waals surface area (Å²) in [5, 5.41) is 0. The second-order valence-corrected chi connectivity index (χ2v) is 12.4. The van der Waals surface area contributed by atoms with E-state index < -0.39 is 10.0 Å². The van der Waals surface area contributed by atoms with E-state index in [1.54, 1.807) is 18.3 Å². The summed E-state index contributed by atoms with van der Waals surface area (Å²) in [6.07, 6.45) is 4.60. The number of nitrogens with zero attached hydrogens (tertiary/aromatic N) is 2. The fourth-order valence-electron chi connectivity index (χ4n) is 5.19. The fourth-order valence-corrected chi connectivity index (χ4v) is 6.56. The van der Waals surface area contributed by atoms with Gasteiger partial charge in [-0.1, -0.05) is 48.0 Å². The monoisotopic (exact) mass is 536 g/mol. The van der Waals surface area contributed by atoms with Gasteiger partial charge < -0.3 is 4.74 Å². The van der Waals surface area contributed by atoms with Crippen LogP contribution in [0.4, 0.5) is 0 Å². The molecule has 0 aliphatic heterocycles. The van der Waals surface area contributed by atoms with Gasteiger partial charge in [-0.05, 0) is 98.2 Å². The number of aryl methyl sites for hydroxylation is 3. The molecule has 1 fully saturated rings. The van der Waals surface area contributed by atoms with Gasteiger partial charge in [-0.25, -0.2) is 12.4 Å². The van der Waals surface area contributed by atoms with E-state index in [1.165, 1.54) is 9.54 Å². The number of benzene rings is 3. The third-order valence-corrected chi connectivity index (χ3v) is 9.26. The van der Waals surface area contributed by atoms with Gasteiger partial charge >= 0.3 is 0 Å². The van der Waals surface area contributed by atoms with E-state index in [0.29, 0.717) is 24.5 Å². The molecule has 1 aliphatic rings.